The Hall–Kier alpha value is -1.81. The van der Waals surface area contributed by atoms with Gasteiger partial charge in [-0.3, -0.25) is 0 Å². The maximum atomic E-state index is 5.90. The molecule has 2 N–H and O–H groups in total. The lowest BCUT2D eigenvalue weighted by molar-refractivity contribution is 0.242. The van der Waals surface area contributed by atoms with Gasteiger partial charge >= 0.3 is 0 Å². The molecule has 1 aromatic carbocycles. The molecular formula is C13H15N3O. The Balaban J connectivity index is 2.10. The van der Waals surface area contributed by atoms with Gasteiger partial charge in [0.25, 0.3) is 0 Å². The fourth-order valence-electron chi connectivity index (χ4n) is 2.29. The number of para-hydroxylation sites is 1. The van der Waals surface area contributed by atoms with Crippen LogP contribution in [0.4, 0.5) is 0 Å². The molecule has 4 nitrogen and oxygen atoms in total. The number of hydrogen-bond donors (Lipinski definition) is 1. The minimum atomic E-state index is 0.111. The summed E-state index contributed by atoms with van der Waals surface area (Å²) in [5.41, 5.74) is 9.07. The topological polar surface area (TPSA) is 53.1 Å². The fourth-order valence-corrected chi connectivity index (χ4v) is 2.29. The number of rotatable bonds is 2. The van der Waals surface area contributed by atoms with Crippen LogP contribution < -0.4 is 10.5 Å². The van der Waals surface area contributed by atoms with Crippen molar-refractivity contribution in [3.63, 3.8) is 0 Å². The van der Waals surface area contributed by atoms with Crippen LogP contribution in [0.1, 0.15) is 5.56 Å². The number of aryl methyl sites for hydroxylation is 1. The van der Waals surface area contributed by atoms with Crippen molar-refractivity contribution in [2.75, 3.05) is 6.54 Å². The van der Waals surface area contributed by atoms with Crippen LogP contribution in [-0.4, -0.2) is 22.2 Å². The van der Waals surface area contributed by atoms with Crippen molar-refractivity contribution < 1.29 is 4.74 Å². The van der Waals surface area contributed by atoms with E-state index in [1.54, 1.807) is 6.33 Å². The third-order valence-electron chi connectivity index (χ3n) is 3.18. The zero-order valence-electron chi connectivity index (χ0n) is 9.76. The highest BCUT2D eigenvalue weighted by molar-refractivity contribution is 5.70. The first-order chi connectivity index (χ1) is 8.29. The second-order valence-corrected chi connectivity index (χ2v) is 4.36. The van der Waals surface area contributed by atoms with E-state index in [-0.39, 0.29) is 6.10 Å². The number of imidazole rings is 1. The van der Waals surface area contributed by atoms with Crippen molar-refractivity contribution in [1.82, 2.24) is 9.55 Å². The van der Waals surface area contributed by atoms with E-state index in [1.807, 2.05) is 17.8 Å². The lowest BCUT2D eigenvalue weighted by Crippen LogP contribution is -2.24. The number of nitrogens with zero attached hydrogens (tertiary/aromatic N) is 2. The molecule has 2 aromatic rings. The molecule has 1 aromatic heterocycles. The monoisotopic (exact) mass is 229 g/mol. The van der Waals surface area contributed by atoms with Crippen LogP contribution in [0.2, 0.25) is 0 Å². The molecule has 1 atom stereocenters. The van der Waals surface area contributed by atoms with Gasteiger partial charge in [-0.15, -0.1) is 0 Å². The van der Waals surface area contributed by atoms with Crippen LogP contribution in [0.15, 0.2) is 30.7 Å². The van der Waals surface area contributed by atoms with Crippen molar-refractivity contribution in [2.45, 2.75) is 12.5 Å². The summed E-state index contributed by atoms with van der Waals surface area (Å²) in [6, 6.07) is 6.23. The van der Waals surface area contributed by atoms with Gasteiger partial charge in [-0.25, -0.2) is 4.98 Å². The predicted octanol–water partition coefficient (Wildman–Crippen LogP) is 1.35. The lowest BCUT2D eigenvalue weighted by atomic mass is 10.0. The van der Waals surface area contributed by atoms with E-state index < -0.39 is 0 Å². The molecule has 3 rings (SSSR count). The Labute approximate surface area is 100 Å². The van der Waals surface area contributed by atoms with Crippen LogP contribution in [-0.2, 0) is 13.5 Å². The van der Waals surface area contributed by atoms with Gasteiger partial charge < -0.3 is 15.0 Å². The zero-order valence-corrected chi connectivity index (χ0v) is 9.76. The average Bonchev–Trinajstić information content (AvgIpc) is 2.93. The molecule has 1 aliphatic heterocycles. The van der Waals surface area contributed by atoms with Crippen LogP contribution in [0.3, 0.4) is 0 Å². The van der Waals surface area contributed by atoms with E-state index in [4.69, 9.17) is 10.5 Å². The molecule has 0 saturated heterocycles. The third-order valence-corrected chi connectivity index (χ3v) is 3.18. The van der Waals surface area contributed by atoms with Crippen molar-refractivity contribution in [3.05, 3.63) is 36.3 Å². The van der Waals surface area contributed by atoms with Crippen LogP contribution in [0.5, 0.6) is 5.75 Å². The highest BCUT2D eigenvalue weighted by Crippen LogP contribution is 2.38. The summed E-state index contributed by atoms with van der Waals surface area (Å²) in [7, 11) is 1.98. The summed E-state index contributed by atoms with van der Waals surface area (Å²) in [6.07, 6.45) is 4.66. The smallest absolute Gasteiger partial charge is 0.132 e. The van der Waals surface area contributed by atoms with Gasteiger partial charge in [0.05, 0.1) is 18.2 Å². The van der Waals surface area contributed by atoms with E-state index in [0.717, 1.165) is 23.4 Å². The molecule has 17 heavy (non-hydrogen) atoms. The van der Waals surface area contributed by atoms with Crippen molar-refractivity contribution in [1.29, 1.82) is 0 Å². The highest BCUT2D eigenvalue weighted by Gasteiger charge is 2.25. The molecule has 0 aliphatic carbocycles. The van der Waals surface area contributed by atoms with Gasteiger partial charge in [0.1, 0.15) is 11.9 Å². The minimum Gasteiger partial charge on any atom is -0.488 e. The number of fused-ring (bicyclic) bond motifs is 1. The number of benzene rings is 1. The molecule has 1 unspecified atom stereocenters. The predicted molar refractivity (Wildman–Crippen MR) is 65.8 cm³/mol. The highest BCUT2D eigenvalue weighted by atomic mass is 16.5. The maximum absolute atomic E-state index is 5.90. The summed E-state index contributed by atoms with van der Waals surface area (Å²) in [5.74, 6) is 0.964. The van der Waals surface area contributed by atoms with Gasteiger partial charge in [0.15, 0.2) is 0 Å². The quantitative estimate of drug-likeness (QED) is 0.845. The Morgan fingerprint density at radius 3 is 3.12 bits per heavy atom. The number of ether oxygens (including phenoxy) is 1. The van der Waals surface area contributed by atoms with Gasteiger partial charge in [-0.05, 0) is 11.6 Å². The van der Waals surface area contributed by atoms with E-state index >= 15 is 0 Å². The second kappa shape index (κ2) is 3.89. The fraction of sp³-hybridized carbons (Fsp3) is 0.308. The SMILES string of the molecule is Cn1cncc1-c1cccc2c1OC(CN)C2. The number of aromatic nitrogens is 2. The normalized spacial score (nSPS) is 17.9. The molecule has 4 heteroatoms. The number of nitrogens with two attached hydrogens (primary N) is 1. The molecule has 0 spiro atoms. The first-order valence-corrected chi connectivity index (χ1v) is 5.75. The van der Waals surface area contributed by atoms with Gasteiger partial charge in [-0.2, -0.15) is 0 Å². The number of hydrogen-bond acceptors (Lipinski definition) is 3. The van der Waals surface area contributed by atoms with Crippen LogP contribution in [0, 0.1) is 0 Å². The molecule has 2 heterocycles. The molecule has 0 fully saturated rings. The summed E-state index contributed by atoms with van der Waals surface area (Å²) in [5, 5.41) is 0. The van der Waals surface area contributed by atoms with Gasteiger partial charge in [0, 0.05) is 25.6 Å². The largest absolute Gasteiger partial charge is 0.488 e. The summed E-state index contributed by atoms with van der Waals surface area (Å²) >= 11 is 0. The van der Waals surface area contributed by atoms with Crippen molar-refractivity contribution >= 4 is 0 Å². The lowest BCUT2D eigenvalue weighted by Gasteiger charge is -2.10. The zero-order chi connectivity index (χ0) is 11.8. The molecule has 0 saturated carbocycles. The van der Waals surface area contributed by atoms with Crippen LogP contribution in [0.25, 0.3) is 11.3 Å². The minimum absolute atomic E-state index is 0.111. The van der Waals surface area contributed by atoms with Gasteiger partial charge in [0.2, 0.25) is 0 Å². The van der Waals surface area contributed by atoms with Crippen LogP contribution >= 0.6 is 0 Å². The van der Waals surface area contributed by atoms with Gasteiger partial charge in [-0.1, -0.05) is 12.1 Å². The molecular weight excluding hydrogens is 214 g/mol. The van der Waals surface area contributed by atoms with Crippen molar-refractivity contribution in [3.8, 4) is 17.0 Å². The first-order valence-electron chi connectivity index (χ1n) is 5.75. The average molecular weight is 229 g/mol. The molecule has 0 bridgehead atoms. The standard InChI is InChI=1S/C13H15N3O/c1-16-8-15-7-12(16)11-4-2-3-9-5-10(6-14)17-13(9)11/h2-4,7-8,10H,5-6,14H2,1H3. The Morgan fingerprint density at radius 1 is 1.53 bits per heavy atom. The first kappa shape index (κ1) is 10.4. The maximum Gasteiger partial charge on any atom is 0.132 e. The summed E-state index contributed by atoms with van der Waals surface area (Å²) < 4.78 is 7.89. The Bertz CT molecular complexity index is 547. The molecule has 0 amide bonds. The molecule has 1 aliphatic rings. The third kappa shape index (κ3) is 1.61. The van der Waals surface area contributed by atoms with Crippen molar-refractivity contribution in [2.24, 2.45) is 12.8 Å². The Morgan fingerprint density at radius 2 is 2.41 bits per heavy atom. The van der Waals surface area contributed by atoms with E-state index in [1.165, 1.54) is 5.56 Å². The Kier molecular flexibility index (Phi) is 2.37. The molecule has 88 valence electrons. The summed E-state index contributed by atoms with van der Waals surface area (Å²) in [4.78, 5) is 4.15. The summed E-state index contributed by atoms with van der Waals surface area (Å²) in [6.45, 7) is 0.555. The van der Waals surface area contributed by atoms with E-state index in [0.29, 0.717) is 6.54 Å². The van der Waals surface area contributed by atoms with E-state index in [2.05, 4.69) is 23.2 Å². The second-order valence-electron chi connectivity index (χ2n) is 4.36. The molecule has 0 radical (unpaired) electrons. The van der Waals surface area contributed by atoms with E-state index in [9.17, 15) is 0 Å².